The molecule has 108 valence electrons. The van der Waals surface area contributed by atoms with Gasteiger partial charge in [0, 0.05) is 26.1 Å². The van der Waals surface area contributed by atoms with Gasteiger partial charge in [-0.1, -0.05) is 24.3 Å². The maximum Gasteiger partial charge on any atom is 0.237 e. The maximum absolute atomic E-state index is 12.2. The molecule has 0 saturated carbocycles. The highest BCUT2D eigenvalue weighted by molar-refractivity contribution is 5.82. The topological polar surface area (TPSA) is 70.6 Å². The summed E-state index contributed by atoms with van der Waals surface area (Å²) in [6.45, 7) is 1.82. The van der Waals surface area contributed by atoms with E-state index in [0.29, 0.717) is 32.6 Å². The minimum atomic E-state index is -0.901. The van der Waals surface area contributed by atoms with Crippen LogP contribution in [0.25, 0.3) is 0 Å². The molecular formula is C15H20N2O3. The van der Waals surface area contributed by atoms with Crippen LogP contribution in [0, 0.1) is 0 Å². The zero-order valence-electron chi connectivity index (χ0n) is 11.4. The Morgan fingerprint density at radius 2 is 2.25 bits per heavy atom. The normalized spacial score (nSPS) is 28.9. The van der Waals surface area contributed by atoms with Crippen molar-refractivity contribution >= 4 is 5.91 Å². The van der Waals surface area contributed by atoms with Crippen LogP contribution in [0.4, 0.5) is 0 Å². The summed E-state index contributed by atoms with van der Waals surface area (Å²) in [5.41, 5.74) is 1.57. The molecule has 1 saturated heterocycles. The largest absolute Gasteiger partial charge is 0.386 e. The van der Waals surface area contributed by atoms with Crippen LogP contribution in [0.15, 0.2) is 24.3 Å². The molecule has 1 aromatic rings. The molecule has 0 bridgehead atoms. The molecular weight excluding hydrogens is 256 g/mol. The van der Waals surface area contributed by atoms with Crippen molar-refractivity contribution < 1.29 is 14.6 Å². The molecule has 3 rings (SSSR count). The van der Waals surface area contributed by atoms with E-state index in [1.807, 2.05) is 12.1 Å². The highest BCUT2D eigenvalue weighted by atomic mass is 16.5. The van der Waals surface area contributed by atoms with E-state index < -0.39 is 5.60 Å². The van der Waals surface area contributed by atoms with Gasteiger partial charge in [-0.2, -0.15) is 0 Å². The summed E-state index contributed by atoms with van der Waals surface area (Å²) < 4.78 is 5.17. The van der Waals surface area contributed by atoms with E-state index in [9.17, 15) is 9.90 Å². The Hall–Kier alpha value is -1.43. The molecule has 1 aromatic carbocycles. The highest BCUT2D eigenvalue weighted by Gasteiger charge is 2.33. The lowest BCUT2D eigenvalue weighted by molar-refractivity contribution is -0.124. The van der Waals surface area contributed by atoms with Crippen LogP contribution in [0.1, 0.15) is 17.5 Å². The number of nitrogens with one attached hydrogen (secondary N) is 2. The summed E-state index contributed by atoms with van der Waals surface area (Å²) in [5.74, 6) is -0.0557. The van der Waals surface area contributed by atoms with Crippen molar-refractivity contribution in [2.24, 2.45) is 0 Å². The minimum Gasteiger partial charge on any atom is -0.386 e. The van der Waals surface area contributed by atoms with Crippen LogP contribution >= 0.6 is 0 Å². The average Bonchev–Trinajstić information content (AvgIpc) is 2.91. The van der Waals surface area contributed by atoms with Gasteiger partial charge in [0.1, 0.15) is 5.60 Å². The Balaban J connectivity index is 1.56. The van der Waals surface area contributed by atoms with Crippen LogP contribution in [0.2, 0.25) is 0 Å². The minimum absolute atomic E-state index is 0.0557. The van der Waals surface area contributed by atoms with E-state index in [0.717, 1.165) is 0 Å². The van der Waals surface area contributed by atoms with Crippen molar-refractivity contribution in [1.29, 1.82) is 0 Å². The number of hydrogen-bond acceptors (Lipinski definition) is 4. The van der Waals surface area contributed by atoms with Crippen molar-refractivity contribution in [3.63, 3.8) is 0 Å². The lowest BCUT2D eigenvalue weighted by Crippen LogP contribution is -2.51. The summed E-state index contributed by atoms with van der Waals surface area (Å²) in [4.78, 5) is 12.2. The van der Waals surface area contributed by atoms with Crippen LogP contribution in [0.3, 0.4) is 0 Å². The fourth-order valence-electron chi connectivity index (χ4n) is 2.75. The zero-order chi connectivity index (χ0) is 14.0. The van der Waals surface area contributed by atoms with Gasteiger partial charge in [0.25, 0.3) is 0 Å². The number of amides is 1. The summed E-state index contributed by atoms with van der Waals surface area (Å²) in [5, 5.41) is 16.2. The lowest BCUT2D eigenvalue weighted by atomic mass is 9.95. The molecule has 1 amide bonds. The fourth-order valence-corrected chi connectivity index (χ4v) is 2.75. The molecule has 1 unspecified atom stereocenters. The molecule has 0 aromatic heterocycles. The van der Waals surface area contributed by atoms with Gasteiger partial charge >= 0.3 is 0 Å². The van der Waals surface area contributed by atoms with Gasteiger partial charge in [0.15, 0.2) is 0 Å². The standard InChI is InChI=1S/C15H20N2O3/c18-14(17-9-15(19)5-6-20-10-15)13-7-11-3-1-2-4-12(11)8-16-13/h1-4,13,16,19H,5-10H2,(H,17,18)/t13-,15?/m1/s1. The van der Waals surface area contributed by atoms with Gasteiger partial charge in [-0.05, 0) is 17.5 Å². The number of benzene rings is 1. The third kappa shape index (κ3) is 2.85. The molecule has 0 spiro atoms. The lowest BCUT2D eigenvalue weighted by Gasteiger charge is -2.27. The predicted molar refractivity (Wildman–Crippen MR) is 74.2 cm³/mol. The monoisotopic (exact) mass is 276 g/mol. The summed E-state index contributed by atoms with van der Waals surface area (Å²) >= 11 is 0. The average molecular weight is 276 g/mol. The van der Waals surface area contributed by atoms with Crippen molar-refractivity contribution in [2.75, 3.05) is 19.8 Å². The molecule has 2 heterocycles. The Bertz CT molecular complexity index is 498. The molecule has 5 nitrogen and oxygen atoms in total. The van der Waals surface area contributed by atoms with Crippen molar-refractivity contribution in [3.05, 3.63) is 35.4 Å². The number of carbonyl (C=O) groups excluding carboxylic acids is 1. The summed E-state index contributed by atoms with van der Waals surface area (Å²) in [7, 11) is 0. The first-order chi connectivity index (χ1) is 9.66. The number of carbonyl (C=O) groups is 1. The van der Waals surface area contributed by atoms with Crippen molar-refractivity contribution in [2.45, 2.75) is 31.0 Å². The first-order valence-corrected chi connectivity index (χ1v) is 7.04. The first kappa shape index (κ1) is 13.5. The number of hydrogen-bond donors (Lipinski definition) is 3. The quantitative estimate of drug-likeness (QED) is 0.725. The number of fused-ring (bicyclic) bond motifs is 1. The second-order valence-corrected chi connectivity index (χ2v) is 5.65. The van der Waals surface area contributed by atoms with E-state index in [4.69, 9.17) is 4.74 Å². The SMILES string of the molecule is O=C(NCC1(O)CCOC1)[C@H]1Cc2ccccc2CN1. The Morgan fingerprint density at radius 1 is 1.45 bits per heavy atom. The van der Waals surface area contributed by atoms with Gasteiger partial charge in [0.2, 0.25) is 5.91 Å². The second kappa shape index (κ2) is 5.52. The van der Waals surface area contributed by atoms with Crippen molar-refractivity contribution in [1.82, 2.24) is 10.6 Å². The molecule has 20 heavy (non-hydrogen) atoms. The maximum atomic E-state index is 12.2. The van der Waals surface area contributed by atoms with Crippen molar-refractivity contribution in [3.8, 4) is 0 Å². The van der Waals surface area contributed by atoms with Crippen LogP contribution in [-0.2, 0) is 22.5 Å². The van der Waals surface area contributed by atoms with Gasteiger partial charge < -0.3 is 20.5 Å². The molecule has 5 heteroatoms. The molecule has 3 N–H and O–H groups in total. The summed E-state index contributed by atoms with van der Waals surface area (Å²) in [6, 6.07) is 7.92. The molecule has 1 fully saturated rings. The fraction of sp³-hybridized carbons (Fsp3) is 0.533. The van der Waals surface area contributed by atoms with Gasteiger partial charge in [-0.15, -0.1) is 0 Å². The van der Waals surface area contributed by atoms with Gasteiger partial charge in [0.05, 0.1) is 12.6 Å². The molecule has 0 aliphatic carbocycles. The van der Waals surface area contributed by atoms with E-state index in [-0.39, 0.29) is 18.5 Å². The Kier molecular flexibility index (Phi) is 3.74. The Labute approximate surface area is 118 Å². The predicted octanol–water partition coefficient (Wildman–Crippen LogP) is -0.0315. The third-order valence-electron chi connectivity index (χ3n) is 4.07. The van der Waals surface area contributed by atoms with Crippen LogP contribution in [-0.4, -0.2) is 42.4 Å². The second-order valence-electron chi connectivity index (χ2n) is 5.65. The number of aliphatic hydroxyl groups is 1. The molecule has 0 radical (unpaired) electrons. The first-order valence-electron chi connectivity index (χ1n) is 7.04. The molecule has 2 aliphatic heterocycles. The summed E-state index contributed by atoms with van der Waals surface area (Å²) in [6.07, 6.45) is 1.27. The van der Waals surface area contributed by atoms with E-state index in [1.54, 1.807) is 0 Å². The third-order valence-corrected chi connectivity index (χ3v) is 4.07. The molecule has 2 atom stereocenters. The van der Waals surface area contributed by atoms with E-state index >= 15 is 0 Å². The van der Waals surface area contributed by atoms with Crippen LogP contribution in [0.5, 0.6) is 0 Å². The zero-order valence-corrected chi connectivity index (χ0v) is 11.4. The van der Waals surface area contributed by atoms with Gasteiger partial charge in [-0.25, -0.2) is 0 Å². The molecule has 2 aliphatic rings. The van der Waals surface area contributed by atoms with Crippen LogP contribution < -0.4 is 10.6 Å². The number of rotatable bonds is 3. The van der Waals surface area contributed by atoms with Gasteiger partial charge in [-0.3, -0.25) is 4.79 Å². The highest BCUT2D eigenvalue weighted by Crippen LogP contribution is 2.18. The number of ether oxygens (including phenoxy) is 1. The smallest absolute Gasteiger partial charge is 0.237 e. The van der Waals surface area contributed by atoms with E-state index in [2.05, 4.69) is 22.8 Å². The van der Waals surface area contributed by atoms with E-state index in [1.165, 1.54) is 11.1 Å². The Morgan fingerprint density at radius 3 is 3.00 bits per heavy atom.